The number of carbonyl (C=O) groups excluding carboxylic acids is 1. The molecule has 2 aromatic carbocycles. The van der Waals surface area contributed by atoms with E-state index in [0.29, 0.717) is 17.8 Å². The molecule has 1 aliphatic carbocycles. The van der Waals surface area contributed by atoms with Crippen LogP contribution in [0.3, 0.4) is 0 Å². The van der Waals surface area contributed by atoms with Gasteiger partial charge in [0.1, 0.15) is 12.8 Å². The van der Waals surface area contributed by atoms with Crippen LogP contribution in [-0.4, -0.2) is 48.1 Å². The normalized spacial score (nSPS) is 16.5. The number of allylic oxidation sites excluding steroid dienone is 3. The van der Waals surface area contributed by atoms with E-state index in [2.05, 4.69) is 5.16 Å². The predicted molar refractivity (Wildman–Crippen MR) is 136 cm³/mol. The highest BCUT2D eigenvalue weighted by molar-refractivity contribution is 6.45. The number of methoxy groups -OCH3 is 1. The van der Waals surface area contributed by atoms with Gasteiger partial charge in [-0.1, -0.05) is 41.6 Å². The monoisotopic (exact) mass is 473 g/mol. The van der Waals surface area contributed by atoms with Crippen molar-refractivity contribution in [1.82, 2.24) is 0 Å². The molecule has 0 aromatic heterocycles. The first-order valence-electron chi connectivity index (χ1n) is 11.3. The number of anilines is 2. The van der Waals surface area contributed by atoms with E-state index < -0.39 is 5.97 Å². The molecule has 5 rings (SSSR count). The van der Waals surface area contributed by atoms with Gasteiger partial charge in [0.05, 0.1) is 30.5 Å². The van der Waals surface area contributed by atoms with E-state index in [-0.39, 0.29) is 11.8 Å². The molecule has 8 nitrogen and oxygen atoms in total. The molecular formula is C27H29N4O4+. The molecule has 0 saturated carbocycles. The van der Waals surface area contributed by atoms with Gasteiger partial charge in [-0.25, -0.2) is 14.6 Å². The van der Waals surface area contributed by atoms with E-state index >= 15 is 0 Å². The lowest BCUT2D eigenvalue weighted by Crippen LogP contribution is -2.41. The maximum absolute atomic E-state index is 12.3. The third-order valence-electron chi connectivity index (χ3n) is 5.89. The fraction of sp³-hybridized carbons (Fsp3) is 0.259. The predicted octanol–water partition coefficient (Wildman–Crippen LogP) is 4.77. The number of benzene rings is 2. The molecule has 0 N–H and O–H groups in total. The van der Waals surface area contributed by atoms with Crippen molar-refractivity contribution >= 4 is 34.5 Å². The number of hydrogen-bond acceptors (Lipinski definition) is 7. The van der Waals surface area contributed by atoms with E-state index in [1.807, 2.05) is 97.3 Å². The van der Waals surface area contributed by atoms with Crippen LogP contribution in [0.15, 0.2) is 93.9 Å². The van der Waals surface area contributed by atoms with Gasteiger partial charge in [-0.2, -0.15) is 5.10 Å². The van der Waals surface area contributed by atoms with Gasteiger partial charge in [-0.05, 0) is 48.4 Å². The van der Waals surface area contributed by atoms with Gasteiger partial charge in [0, 0.05) is 13.0 Å². The van der Waals surface area contributed by atoms with E-state index in [0.717, 1.165) is 28.4 Å². The second-order valence-electron chi connectivity index (χ2n) is 8.27. The van der Waals surface area contributed by atoms with E-state index in [1.165, 1.54) is 14.2 Å². The summed E-state index contributed by atoms with van der Waals surface area (Å²) < 4.78 is 6.72. The molecule has 180 valence electrons. The Morgan fingerprint density at radius 1 is 1.06 bits per heavy atom. The van der Waals surface area contributed by atoms with E-state index in [1.54, 1.807) is 0 Å². The standard InChI is InChI=1S/C27H29N4O4/c1-18-16-23-17-24(25(29-34-5)27(32)33-4)26(18)35-31(23)20(3)19(2)28-30(21-12-8-6-9-13-21)22-14-10-7-11-15-22/h6-15,17,20H,16H2,1-5H3/q+1. The Labute approximate surface area is 205 Å². The maximum Gasteiger partial charge on any atom is 0.360 e. The van der Waals surface area contributed by atoms with Crippen molar-refractivity contribution in [2.45, 2.75) is 33.2 Å². The van der Waals surface area contributed by atoms with Crippen LogP contribution in [0.1, 0.15) is 27.2 Å². The van der Waals surface area contributed by atoms with Crippen LogP contribution in [0.4, 0.5) is 11.4 Å². The van der Waals surface area contributed by atoms with Crippen LogP contribution in [0.5, 0.6) is 0 Å². The van der Waals surface area contributed by atoms with Gasteiger partial charge >= 0.3 is 5.97 Å². The summed E-state index contributed by atoms with van der Waals surface area (Å²) >= 11 is 0. The van der Waals surface area contributed by atoms with Crippen molar-refractivity contribution in [2.75, 3.05) is 19.2 Å². The third kappa shape index (κ3) is 4.87. The van der Waals surface area contributed by atoms with Crippen LogP contribution in [0.25, 0.3) is 0 Å². The summed E-state index contributed by atoms with van der Waals surface area (Å²) in [5, 5.41) is 10.8. The molecule has 0 amide bonds. The number of hydrogen-bond donors (Lipinski definition) is 0. The van der Waals surface area contributed by atoms with Gasteiger partial charge in [0.15, 0.2) is 5.71 Å². The summed E-state index contributed by atoms with van der Waals surface area (Å²) in [7, 11) is 2.70. The number of ether oxygens (including phenoxy) is 1. The van der Waals surface area contributed by atoms with Crippen molar-refractivity contribution in [3.05, 3.63) is 83.6 Å². The number of oxime groups is 1. The van der Waals surface area contributed by atoms with Crippen molar-refractivity contribution in [2.24, 2.45) is 10.3 Å². The number of hydroxylamine groups is 1. The average Bonchev–Trinajstić information content (AvgIpc) is 2.90. The Morgan fingerprint density at radius 2 is 1.66 bits per heavy atom. The zero-order valence-corrected chi connectivity index (χ0v) is 20.6. The topological polar surface area (TPSA) is 75.7 Å². The molecule has 2 bridgehead atoms. The number of hydrazone groups is 1. The fourth-order valence-corrected chi connectivity index (χ4v) is 3.99. The largest absolute Gasteiger partial charge is 0.464 e. The zero-order chi connectivity index (χ0) is 24.9. The molecule has 1 atom stereocenters. The Balaban J connectivity index is 1.71. The smallest absolute Gasteiger partial charge is 0.360 e. The Morgan fingerprint density at radius 3 is 2.17 bits per heavy atom. The molecule has 8 heteroatoms. The summed E-state index contributed by atoms with van der Waals surface area (Å²) in [5.41, 5.74) is 5.28. The summed E-state index contributed by atoms with van der Waals surface area (Å²) in [6.45, 7) is 5.99. The number of nitrogens with zero attached hydrogens (tertiary/aromatic N) is 4. The van der Waals surface area contributed by atoms with Crippen LogP contribution >= 0.6 is 0 Å². The quantitative estimate of drug-likeness (QED) is 0.239. The van der Waals surface area contributed by atoms with Crippen molar-refractivity contribution in [3.63, 3.8) is 0 Å². The Kier molecular flexibility index (Phi) is 7.10. The zero-order valence-electron chi connectivity index (χ0n) is 20.6. The minimum atomic E-state index is -0.589. The van der Waals surface area contributed by atoms with Gasteiger partial charge in [-0.3, -0.25) is 0 Å². The average molecular weight is 474 g/mol. The van der Waals surface area contributed by atoms with Crippen LogP contribution in [0.2, 0.25) is 0 Å². The summed E-state index contributed by atoms with van der Waals surface area (Å²) in [4.78, 5) is 23.5. The van der Waals surface area contributed by atoms with Crippen LogP contribution < -0.4 is 5.01 Å². The molecule has 0 spiro atoms. The van der Waals surface area contributed by atoms with Gasteiger partial charge < -0.3 is 9.57 Å². The van der Waals surface area contributed by atoms with E-state index in [4.69, 9.17) is 19.5 Å². The molecule has 0 saturated heterocycles. The number of para-hydroxylation sites is 2. The maximum atomic E-state index is 12.3. The van der Waals surface area contributed by atoms with E-state index in [9.17, 15) is 4.79 Å². The second kappa shape index (κ2) is 10.4. The Bertz CT molecular complexity index is 1220. The molecular weight excluding hydrogens is 444 g/mol. The number of rotatable bonds is 8. The summed E-state index contributed by atoms with van der Waals surface area (Å²) in [6.07, 6.45) is 2.59. The van der Waals surface area contributed by atoms with Crippen LogP contribution in [-0.2, 0) is 19.2 Å². The highest BCUT2D eigenvalue weighted by Gasteiger charge is 2.41. The number of fused-ring (bicyclic) bond motifs is 2. The fourth-order valence-electron chi connectivity index (χ4n) is 3.99. The highest BCUT2D eigenvalue weighted by Crippen LogP contribution is 2.32. The second-order valence-corrected chi connectivity index (χ2v) is 8.27. The van der Waals surface area contributed by atoms with Crippen molar-refractivity contribution in [3.8, 4) is 0 Å². The number of esters is 1. The molecule has 2 aromatic rings. The molecule has 2 aliphatic heterocycles. The first kappa shape index (κ1) is 23.9. The molecule has 3 aliphatic rings. The first-order valence-corrected chi connectivity index (χ1v) is 11.3. The van der Waals surface area contributed by atoms with Gasteiger partial charge in [-0.15, -0.1) is 0 Å². The highest BCUT2D eigenvalue weighted by atomic mass is 16.7. The minimum absolute atomic E-state index is 0.0681. The molecule has 0 fully saturated rings. The van der Waals surface area contributed by atoms with Crippen molar-refractivity contribution in [1.29, 1.82) is 0 Å². The SMILES string of the molecule is CON=C(C(=O)OC)C1=CC2=[N+](C(C)C(C)=NN(c3ccccc3)c3ccccc3)OC1=C(C)C2. The lowest BCUT2D eigenvalue weighted by atomic mass is 9.92. The van der Waals surface area contributed by atoms with Crippen molar-refractivity contribution < 1.29 is 23.9 Å². The molecule has 1 unspecified atom stereocenters. The first-order chi connectivity index (χ1) is 16.9. The lowest BCUT2D eigenvalue weighted by molar-refractivity contribution is -0.787. The Hall–Kier alpha value is -4.20. The summed E-state index contributed by atoms with van der Waals surface area (Å²) in [6, 6.07) is 19.8. The third-order valence-corrected chi connectivity index (χ3v) is 5.89. The van der Waals surface area contributed by atoms with Gasteiger partial charge in [0.2, 0.25) is 17.5 Å². The molecule has 2 heterocycles. The van der Waals surface area contributed by atoms with Gasteiger partial charge in [0.25, 0.3) is 0 Å². The minimum Gasteiger partial charge on any atom is -0.464 e. The molecule has 35 heavy (non-hydrogen) atoms. The molecule has 0 radical (unpaired) electrons. The number of carbonyl (C=O) groups is 1. The van der Waals surface area contributed by atoms with Crippen LogP contribution in [0, 0.1) is 0 Å². The lowest BCUT2D eigenvalue weighted by Gasteiger charge is -2.26. The summed E-state index contributed by atoms with van der Waals surface area (Å²) in [5.74, 6) is -0.0160.